The molecule has 5 rings (SSSR count). The van der Waals surface area contributed by atoms with Crippen molar-refractivity contribution in [3.63, 3.8) is 0 Å². The zero-order valence-electron chi connectivity index (χ0n) is 20.9. The SMILES string of the molecule is CC(O)(CBr)c1cc(F)c2c(c1)C(=O)N(Cc1ccc(C#N)cn1)[C@@]2(OCC1(C#N)CC1)c1ccc(Cl)cc1. The predicted octanol–water partition coefficient (Wildman–Crippen LogP) is 5.53. The summed E-state index contributed by atoms with van der Waals surface area (Å²) in [6, 6.07) is 16.8. The lowest BCUT2D eigenvalue weighted by Gasteiger charge is -2.40. The Morgan fingerprint density at radius 1 is 1.23 bits per heavy atom. The highest BCUT2D eigenvalue weighted by Crippen LogP contribution is 2.52. The molecule has 39 heavy (non-hydrogen) atoms. The van der Waals surface area contributed by atoms with E-state index in [0.29, 0.717) is 34.7 Å². The van der Waals surface area contributed by atoms with Gasteiger partial charge in [-0.05, 0) is 61.7 Å². The van der Waals surface area contributed by atoms with Gasteiger partial charge in [0.1, 0.15) is 11.9 Å². The molecule has 1 fully saturated rings. The topological polar surface area (TPSA) is 110 Å². The molecule has 0 bridgehead atoms. The Morgan fingerprint density at radius 2 is 1.95 bits per heavy atom. The van der Waals surface area contributed by atoms with Gasteiger partial charge < -0.3 is 9.84 Å². The van der Waals surface area contributed by atoms with Gasteiger partial charge in [-0.25, -0.2) is 4.39 Å². The molecule has 0 radical (unpaired) electrons. The highest BCUT2D eigenvalue weighted by atomic mass is 79.9. The maximum Gasteiger partial charge on any atom is 0.257 e. The van der Waals surface area contributed by atoms with E-state index in [0.717, 1.165) is 0 Å². The number of carbonyl (C=O) groups excluding carboxylic acids is 1. The van der Waals surface area contributed by atoms with Gasteiger partial charge in [0.25, 0.3) is 5.91 Å². The van der Waals surface area contributed by atoms with Crippen molar-refractivity contribution >= 4 is 33.4 Å². The van der Waals surface area contributed by atoms with E-state index in [9.17, 15) is 15.2 Å². The molecule has 2 heterocycles. The molecule has 7 nitrogen and oxygen atoms in total. The third-order valence-corrected chi connectivity index (χ3v) is 8.67. The second kappa shape index (κ2) is 10.0. The summed E-state index contributed by atoms with van der Waals surface area (Å²) in [6.45, 7) is 1.41. The van der Waals surface area contributed by atoms with Crippen molar-refractivity contribution in [1.29, 1.82) is 10.5 Å². The number of carbonyl (C=O) groups is 1. The first-order chi connectivity index (χ1) is 18.6. The number of ether oxygens (including phenoxy) is 1. The minimum absolute atomic E-state index is 0.00803. The first-order valence-electron chi connectivity index (χ1n) is 12.2. The molecule has 198 valence electrons. The lowest BCUT2D eigenvalue weighted by atomic mass is 9.88. The normalized spacial score (nSPS) is 20.6. The largest absolute Gasteiger partial charge is 0.385 e. The number of halogens is 3. The van der Waals surface area contributed by atoms with E-state index in [4.69, 9.17) is 21.6 Å². The minimum Gasteiger partial charge on any atom is -0.385 e. The smallest absolute Gasteiger partial charge is 0.257 e. The Labute approximate surface area is 238 Å². The Hall–Kier alpha value is -3.34. The quantitative estimate of drug-likeness (QED) is 0.337. The van der Waals surface area contributed by atoms with Crippen LogP contribution in [-0.2, 0) is 22.6 Å². The summed E-state index contributed by atoms with van der Waals surface area (Å²) in [4.78, 5) is 19.8. The number of fused-ring (bicyclic) bond motifs is 1. The van der Waals surface area contributed by atoms with Crippen LogP contribution >= 0.6 is 27.5 Å². The Kier molecular flexibility index (Phi) is 6.98. The number of rotatable bonds is 8. The molecule has 1 saturated carbocycles. The first kappa shape index (κ1) is 27.2. The van der Waals surface area contributed by atoms with E-state index in [1.165, 1.54) is 30.2 Å². The number of pyridine rings is 1. The lowest BCUT2D eigenvalue weighted by Crippen LogP contribution is -2.47. The zero-order valence-corrected chi connectivity index (χ0v) is 23.3. The van der Waals surface area contributed by atoms with E-state index in [2.05, 4.69) is 27.0 Å². The van der Waals surface area contributed by atoms with Crippen LogP contribution in [-0.4, -0.2) is 32.8 Å². The molecular weight excluding hydrogens is 587 g/mol. The third kappa shape index (κ3) is 4.70. The molecule has 1 aliphatic heterocycles. The number of aliphatic hydroxyl groups is 1. The van der Waals surface area contributed by atoms with Crippen molar-refractivity contribution in [3.8, 4) is 12.1 Å². The van der Waals surface area contributed by atoms with Gasteiger partial charge in [0.05, 0.1) is 52.6 Å². The van der Waals surface area contributed by atoms with Crippen LogP contribution in [0.25, 0.3) is 0 Å². The molecule has 0 saturated heterocycles. The molecule has 1 aliphatic carbocycles. The maximum atomic E-state index is 16.3. The number of hydrogen-bond donors (Lipinski definition) is 1. The van der Waals surface area contributed by atoms with Gasteiger partial charge in [0.2, 0.25) is 0 Å². The van der Waals surface area contributed by atoms with Crippen molar-refractivity contribution < 1.29 is 19.0 Å². The fraction of sp³-hybridized carbons (Fsp3) is 0.310. The summed E-state index contributed by atoms with van der Waals surface area (Å²) in [7, 11) is 0. The molecule has 1 unspecified atom stereocenters. The zero-order chi connectivity index (χ0) is 28.0. The summed E-state index contributed by atoms with van der Waals surface area (Å²) in [5, 5.41) is 30.3. The molecule has 10 heteroatoms. The lowest BCUT2D eigenvalue weighted by molar-refractivity contribution is -0.122. The summed E-state index contributed by atoms with van der Waals surface area (Å²) < 4.78 is 22.8. The van der Waals surface area contributed by atoms with Gasteiger partial charge in [-0.1, -0.05) is 39.7 Å². The molecule has 2 atom stereocenters. The van der Waals surface area contributed by atoms with Crippen LogP contribution in [0.2, 0.25) is 5.02 Å². The van der Waals surface area contributed by atoms with Crippen LogP contribution in [0.3, 0.4) is 0 Å². The molecule has 2 aliphatic rings. The summed E-state index contributed by atoms with van der Waals surface area (Å²) in [5.41, 5.74) is -2.41. The maximum absolute atomic E-state index is 16.3. The molecule has 3 aromatic rings. The number of hydrogen-bond acceptors (Lipinski definition) is 6. The number of nitrogens with zero attached hydrogens (tertiary/aromatic N) is 4. The van der Waals surface area contributed by atoms with Gasteiger partial charge in [0.15, 0.2) is 5.72 Å². The second-order valence-electron chi connectivity index (χ2n) is 10.2. The Balaban J connectivity index is 1.74. The number of amides is 1. The highest BCUT2D eigenvalue weighted by molar-refractivity contribution is 9.09. The summed E-state index contributed by atoms with van der Waals surface area (Å²) >= 11 is 9.44. The van der Waals surface area contributed by atoms with Crippen LogP contribution in [0.15, 0.2) is 54.7 Å². The average Bonchev–Trinajstić information content (AvgIpc) is 3.69. The molecule has 1 aromatic heterocycles. The van der Waals surface area contributed by atoms with E-state index < -0.39 is 28.5 Å². The van der Waals surface area contributed by atoms with Crippen LogP contribution < -0.4 is 0 Å². The van der Waals surface area contributed by atoms with Crippen LogP contribution in [0.1, 0.15) is 58.1 Å². The minimum atomic E-state index is -1.75. The molecule has 1 amide bonds. The number of nitriles is 2. The number of alkyl halides is 1. The fourth-order valence-corrected chi connectivity index (χ4v) is 5.20. The van der Waals surface area contributed by atoms with E-state index >= 15 is 4.39 Å². The van der Waals surface area contributed by atoms with Crippen molar-refractivity contribution in [2.24, 2.45) is 5.41 Å². The molecule has 1 N–H and O–H groups in total. The van der Waals surface area contributed by atoms with Crippen LogP contribution in [0.4, 0.5) is 4.39 Å². The van der Waals surface area contributed by atoms with Crippen LogP contribution in [0, 0.1) is 33.9 Å². The van der Waals surface area contributed by atoms with Crippen molar-refractivity contribution in [2.45, 2.75) is 37.6 Å². The van der Waals surface area contributed by atoms with Gasteiger partial charge in [-0.15, -0.1) is 0 Å². The monoisotopic (exact) mass is 608 g/mol. The number of benzene rings is 2. The third-order valence-electron chi connectivity index (χ3n) is 7.32. The van der Waals surface area contributed by atoms with Crippen molar-refractivity contribution in [2.75, 3.05) is 11.9 Å². The first-order valence-corrected chi connectivity index (χ1v) is 13.7. The highest BCUT2D eigenvalue weighted by Gasteiger charge is 2.57. The number of aromatic nitrogens is 1. The molecule has 0 spiro atoms. The predicted molar refractivity (Wildman–Crippen MR) is 144 cm³/mol. The average molecular weight is 610 g/mol. The van der Waals surface area contributed by atoms with E-state index in [1.54, 1.807) is 36.4 Å². The summed E-state index contributed by atoms with van der Waals surface area (Å²) in [6.07, 6.45) is 2.66. The van der Waals surface area contributed by atoms with Gasteiger partial charge in [-0.2, -0.15) is 10.5 Å². The summed E-state index contributed by atoms with van der Waals surface area (Å²) in [5.74, 6) is -1.26. The van der Waals surface area contributed by atoms with Gasteiger partial charge >= 0.3 is 0 Å². The van der Waals surface area contributed by atoms with Crippen LogP contribution in [0.5, 0.6) is 0 Å². The van der Waals surface area contributed by atoms with Crippen molar-refractivity contribution in [1.82, 2.24) is 9.88 Å². The van der Waals surface area contributed by atoms with E-state index in [-0.39, 0.29) is 35.2 Å². The Bertz CT molecular complexity index is 1530. The van der Waals surface area contributed by atoms with Crippen molar-refractivity contribution in [3.05, 3.63) is 99.1 Å². The standard InChI is InChI=1S/C29H23BrClFN4O3/c1-27(38,15-30)20-10-23-25(24(32)11-20)29(19-3-5-21(31)6-4-19,39-17-28(16-34)8-9-28)36(26(23)37)14-22-7-2-18(12-33)13-35-22/h2-7,10-11,13,38H,8-9,14-15,17H2,1H3/t27?,29-/m1/s1. The molecular formula is C29H23BrClFN4O3. The Morgan fingerprint density at radius 3 is 2.51 bits per heavy atom. The van der Waals surface area contributed by atoms with Gasteiger partial charge in [-0.3, -0.25) is 14.7 Å². The molecule has 2 aromatic carbocycles. The van der Waals surface area contributed by atoms with E-state index in [1.807, 2.05) is 6.07 Å². The van der Waals surface area contributed by atoms with Gasteiger partial charge in [0, 0.05) is 22.1 Å². The second-order valence-corrected chi connectivity index (χ2v) is 11.2. The fourth-order valence-electron chi connectivity index (χ4n) is 4.75.